The highest BCUT2D eigenvalue weighted by atomic mass is 35.5. The molecule has 0 saturated heterocycles. The second-order valence-corrected chi connectivity index (χ2v) is 4.90. The summed E-state index contributed by atoms with van der Waals surface area (Å²) in [4.78, 5) is 17.5. The van der Waals surface area contributed by atoms with Crippen molar-refractivity contribution in [1.29, 1.82) is 0 Å². The zero-order chi connectivity index (χ0) is 14.8. The van der Waals surface area contributed by atoms with Crippen molar-refractivity contribution >= 4 is 34.0 Å². The Morgan fingerprint density at radius 1 is 1.38 bits per heavy atom. The van der Waals surface area contributed by atoms with Gasteiger partial charge in [-0.2, -0.15) is 0 Å². The first-order valence-electron chi connectivity index (χ1n) is 6.24. The maximum atomic E-state index is 10.7. The van der Waals surface area contributed by atoms with Gasteiger partial charge in [-0.25, -0.2) is 4.98 Å². The van der Waals surface area contributed by atoms with Crippen LogP contribution in [0.2, 0.25) is 5.02 Å². The van der Waals surface area contributed by atoms with Gasteiger partial charge in [-0.05, 0) is 23.8 Å². The fourth-order valence-electron chi connectivity index (χ4n) is 2.11. The predicted molar refractivity (Wildman–Crippen MR) is 81.5 cm³/mol. The van der Waals surface area contributed by atoms with Crippen molar-refractivity contribution in [2.45, 2.75) is 6.54 Å². The third kappa shape index (κ3) is 2.66. The van der Waals surface area contributed by atoms with Crippen LogP contribution in [0.15, 0.2) is 42.7 Å². The van der Waals surface area contributed by atoms with Crippen LogP contribution in [-0.4, -0.2) is 14.9 Å². The number of hydrogen-bond donors (Lipinski definition) is 2. The number of H-pyrrole nitrogens is 1. The van der Waals surface area contributed by atoms with Gasteiger partial charge in [0.25, 0.3) is 5.69 Å². The molecule has 0 unspecified atom stereocenters. The molecule has 0 atom stereocenters. The Morgan fingerprint density at radius 2 is 2.24 bits per heavy atom. The van der Waals surface area contributed by atoms with Crippen LogP contribution in [0.25, 0.3) is 11.0 Å². The normalized spacial score (nSPS) is 10.7. The lowest BCUT2D eigenvalue weighted by atomic mass is 10.2. The number of aromatic amines is 1. The molecule has 0 aliphatic carbocycles. The van der Waals surface area contributed by atoms with Gasteiger partial charge in [0.2, 0.25) is 0 Å². The Kier molecular flexibility index (Phi) is 3.45. The van der Waals surface area contributed by atoms with Crippen LogP contribution in [0.3, 0.4) is 0 Å². The molecule has 0 radical (unpaired) electrons. The highest BCUT2D eigenvalue weighted by molar-refractivity contribution is 6.33. The Hall–Kier alpha value is -2.60. The summed E-state index contributed by atoms with van der Waals surface area (Å²) in [6, 6.07) is 8.21. The van der Waals surface area contributed by atoms with Crippen LogP contribution in [0.4, 0.5) is 11.4 Å². The molecule has 1 aromatic carbocycles. The monoisotopic (exact) mass is 302 g/mol. The molecule has 2 aromatic heterocycles. The summed E-state index contributed by atoms with van der Waals surface area (Å²) < 4.78 is 0. The van der Waals surface area contributed by atoms with Crippen molar-refractivity contribution in [3.8, 4) is 0 Å². The number of fused-ring (bicyclic) bond motifs is 1. The first kappa shape index (κ1) is 13.4. The van der Waals surface area contributed by atoms with Crippen LogP contribution in [0, 0.1) is 10.1 Å². The Morgan fingerprint density at radius 3 is 3.00 bits per heavy atom. The van der Waals surface area contributed by atoms with Crippen LogP contribution in [0.5, 0.6) is 0 Å². The molecule has 3 aromatic rings. The van der Waals surface area contributed by atoms with Crippen molar-refractivity contribution in [2.75, 3.05) is 5.32 Å². The SMILES string of the molecule is O=[N+]([O-])c1ccc(NCc2c[nH]c3ncccc23)c(Cl)c1. The van der Waals surface area contributed by atoms with Gasteiger partial charge in [-0.15, -0.1) is 0 Å². The van der Waals surface area contributed by atoms with Crippen molar-refractivity contribution in [2.24, 2.45) is 0 Å². The van der Waals surface area contributed by atoms with Gasteiger partial charge >= 0.3 is 0 Å². The molecule has 0 saturated carbocycles. The van der Waals surface area contributed by atoms with E-state index in [0.717, 1.165) is 16.6 Å². The third-order valence-electron chi connectivity index (χ3n) is 3.17. The Balaban J connectivity index is 1.80. The summed E-state index contributed by atoms with van der Waals surface area (Å²) in [5.74, 6) is 0. The zero-order valence-corrected chi connectivity index (χ0v) is 11.6. The van der Waals surface area contributed by atoms with E-state index < -0.39 is 4.92 Å². The van der Waals surface area contributed by atoms with Crippen LogP contribution < -0.4 is 5.32 Å². The molecular weight excluding hydrogens is 292 g/mol. The van der Waals surface area contributed by atoms with E-state index in [4.69, 9.17) is 11.6 Å². The molecule has 0 aliphatic heterocycles. The van der Waals surface area contributed by atoms with Crippen molar-refractivity contribution in [1.82, 2.24) is 9.97 Å². The molecule has 106 valence electrons. The molecule has 3 rings (SSSR count). The van der Waals surface area contributed by atoms with Gasteiger partial charge < -0.3 is 10.3 Å². The van der Waals surface area contributed by atoms with Gasteiger partial charge in [0, 0.05) is 36.5 Å². The fraction of sp³-hybridized carbons (Fsp3) is 0.0714. The molecule has 7 heteroatoms. The maximum absolute atomic E-state index is 10.7. The van der Waals surface area contributed by atoms with E-state index in [1.807, 2.05) is 18.3 Å². The van der Waals surface area contributed by atoms with E-state index in [0.29, 0.717) is 17.3 Å². The van der Waals surface area contributed by atoms with Gasteiger partial charge in [0.15, 0.2) is 0 Å². The highest BCUT2D eigenvalue weighted by Gasteiger charge is 2.10. The zero-order valence-electron chi connectivity index (χ0n) is 10.8. The quantitative estimate of drug-likeness (QED) is 0.568. The maximum Gasteiger partial charge on any atom is 0.271 e. The average Bonchev–Trinajstić information content (AvgIpc) is 2.89. The lowest BCUT2D eigenvalue weighted by Gasteiger charge is -2.07. The van der Waals surface area contributed by atoms with Crippen LogP contribution in [0.1, 0.15) is 5.56 Å². The number of benzene rings is 1. The minimum absolute atomic E-state index is 0.0261. The lowest BCUT2D eigenvalue weighted by Crippen LogP contribution is -2.00. The van der Waals surface area contributed by atoms with E-state index in [1.165, 1.54) is 12.1 Å². The smallest absolute Gasteiger partial charge is 0.271 e. The predicted octanol–water partition coefficient (Wildman–Crippen LogP) is 3.74. The molecule has 0 amide bonds. The van der Waals surface area contributed by atoms with Gasteiger partial charge in [-0.1, -0.05) is 11.6 Å². The van der Waals surface area contributed by atoms with E-state index in [9.17, 15) is 10.1 Å². The summed E-state index contributed by atoms with van der Waals surface area (Å²) in [6.07, 6.45) is 3.60. The average molecular weight is 303 g/mol. The first-order valence-corrected chi connectivity index (χ1v) is 6.62. The van der Waals surface area contributed by atoms with Gasteiger partial charge in [0.1, 0.15) is 5.65 Å². The minimum atomic E-state index is -0.471. The molecule has 2 N–H and O–H groups in total. The van der Waals surface area contributed by atoms with Crippen LogP contribution >= 0.6 is 11.6 Å². The van der Waals surface area contributed by atoms with E-state index >= 15 is 0 Å². The number of hydrogen-bond acceptors (Lipinski definition) is 4. The minimum Gasteiger partial charge on any atom is -0.380 e. The lowest BCUT2D eigenvalue weighted by molar-refractivity contribution is -0.384. The van der Waals surface area contributed by atoms with Crippen molar-refractivity contribution in [3.63, 3.8) is 0 Å². The molecule has 2 heterocycles. The van der Waals surface area contributed by atoms with Gasteiger partial charge in [-0.3, -0.25) is 10.1 Å². The summed E-state index contributed by atoms with van der Waals surface area (Å²) >= 11 is 6.04. The number of nitrogens with one attached hydrogen (secondary N) is 2. The third-order valence-corrected chi connectivity index (χ3v) is 3.48. The Bertz CT molecular complexity index is 816. The summed E-state index contributed by atoms with van der Waals surface area (Å²) in [7, 11) is 0. The summed E-state index contributed by atoms with van der Waals surface area (Å²) in [6.45, 7) is 0.545. The standard InChI is InChI=1S/C14H11ClN4O2/c15-12-6-10(19(20)21)3-4-13(12)17-7-9-8-18-14-11(9)2-1-5-16-14/h1-6,8,17H,7H2,(H,16,18). The second-order valence-electron chi connectivity index (χ2n) is 4.49. The Labute approximate surface area is 124 Å². The topological polar surface area (TPSA) is 83.9 Å². The van der Waals surface area contributed by atoms with E-state index in [1.54, 1.807) is 12.3 Å². The number of nitrogens with zero attached hydrogens (tertiary/aromatic N) is 2. The number of aromatic nitrogens is 2. The van der Waals surface area contributed by atoms with Crippen molar-refractivity contribution in [3.05, 3.63) is 63.4 Å². The molecule has 21 heavy (non-hydrogen) atoms. The first-order chi connectivity index (χ1) is 10.1. The number of non-ortho nitro benzene ring substituents is 1. The number of pyridine rings is 1. The highest BCUT2D eigenvalue weighted by Crippen LogP contribution is 2.27. The molecular formula is C14H11ClN4O2. The number of nitro benzene ring substituents is 1. The van der Waals surface area contributed by atoms with E-state index in [2.05, 4.69) is 15.3 Å². The second kappa shape index (κ2) is 5.41. The number of nitro groups is 1. The molecule has 0 fully saturated rings. The molecule has 0 spiro atoms. The number of rotatable bonds is 4. The van der Waals surface area contributed by atoms with Gasteiger partial charge in [0.05, 0.1) is 15.6 Å². The fourth-order valence-corrected chi connectivity index (χ4v) is 2.35. The summed E-state index contributed by atoms with van der Waals surface area (Å²) in [5.41, 5.74) is 2.50. The molecule has 6 nitrogen and oxygen atoms in total. The van der Waals surface area contributed by atoms with Crippen molar-refractivity contribution < 1.29 is 4.92 Å². The van der Waals surface area contributed by atoms with Crippen LogP contribution in [-0.2, 0) is 6.54 Å². The number of halogens is 1. The largest absolute Gasteiger partial charge is 0.380 e. The molecule has 0 aliphatic rings. The summed E-state index contributed by atoms with van der Waals surface area (Å²) in [5, 5.41) is 15.2. The van der Waals surface area contributed by atoms with E-state index in [-0.39, 0.29) is 5.69 Å². The number of anilines is 1. The molecule has 0 bridgehead atoms.